The van der Waals surface area contributed by atoms with Crippen molar-refractivity contribution < 1.29 is 23.2 Å². The normalized spacial score (nSPS) is 13.8. The molecule has 0 saturated carbocycles. The summed E-state index contributed by atoms with van der Waals surface area (Å²) in [6, 6.07) is 12.3. The van der Waals surface area contributed by atoms with E-state index in [1.807, 2.05) is 0 Å². The van der Waals surface area contributed by atoms with Crippen LogP contribution in [0.15, 0.2) is 54.6 Å². The van der Waals surface area contributed by atoms with Gasteiger partial charge in [-0.05, 0) is 35.4 Å². The van der Waals surface area contributed by atoms with Crippen molar-refractivity contribution in [3.8, 4) is 11.5 Å². The first-order valence-electron chi connectivity index (χ1n) is 7.89. The van der Waals surface area contributed by atoms with Crippen molar-refractivity contribution in [1.82, 2.24) is 0 Å². The topological polar surface area (TPSA) is 94.8 Å². The van der Waals surface area contributed by atoms with E-state index in [2.05, 4.69) is 0 Å². The highest BCUT2D eigenvalue weighted by Crippen LogP contribution is 2.54. The van der Waals surface area contributed by atoms with Gasteiger partial charge in [0.25, 0.3) is 10.1 Å². The molecule has 0 radical (unpaired) electrons. The molecule has 0 saturated heterocycles. The zero-order valence-electron chi connectivity index (χ0n) is 14.3. The maximum Gasteiger partial charge on any atom is 0.283 e. The number of halogens is 4. The predicted molar refractivity (Wildman–Crippen MR) is 114 cm³/mol. The molecule has 0 spiro atoms. The van der Waals surface area contributed by atoms with E-state index in [4.69, 9.17) is 46.4 Å². The highest BCUT2D eigenvalue weighted by Gasteiger charge is 2.52. The van der Waals surface area contributed by atoms with Gasteiger partial charge in [-0.2, -0.15) is 8.42 Å². The molecule has 0 aromatic heterocycles. The molecule has 0 amide bonds. The van der Waals surface area contributed by atoms with Gasteiger partial charge in [0.05, 0.1) is 15.6 Å². The lowest BCUT2D eigenvalue weighted by Crippen LogP contribution is -2.38. The van der Waals surface area contributed by atoms with Crippen LogP contribution in [0.25, 0.3) is 0 Å². The Kier molecular flexibility index (Phi) is 5.98. The fourth-order valence-corrected chi connectivity index (χ4v) is 5.53. The predicted octanol–water partition coefficient (Wildman–Crippen LogP) is 5.89. The van der Waals surface area contributed by atoms with Gasteiger partial charge in [0.15, 0.2) is 4.75 Å². The average molecular weight is 494 g/mol. The smallest absolute Gasteiger partial charge is 0.283 e. The van der Waals surface area contributed by atoms with E-state index in [1.54, 1.807) is 6.07 Å². The molecule has 1 atom stereocenters. The highest BCUT2D eigenvalue weighted by atomic mass is 35.5. The van der Waals surface area contributed by atoms with Crippen LogP contribution < -0.4 is 0 Å². The van der Waals surface area contributed by atoms with Gasteiger partial charge >= 0.3 is 0 Å². The quantitative estimate of drug-likeness (QED) is 0.311. The summed E-state index contributed by atoms with van der Waals surface area (Å²) in [4.78, 5) is 0. The number of phenolic OH excluding ortho intramolecular Hbond substituents is 2. The van der Waals surface area contributed by atoms with Gasteiger partial charge < -0.3 is 10.2 Å². The standard InChI is InChI=1S/C19H12Cl4O5S/c20-12-6-11(7-13(21)8-12)19(29(26,27)28,10-4-2-1-3-5-10)16-17(24)14(22)9-15(23)18(16)25/h1-9,24-25H,(H,26,27,28). The van der Waals surface area contributed by atoms with Crippen LogP contribution in [0.4, 0.5) is 0 Å². The number of aromatic hydroxyl groups is 2. The van der Waals surface area contributed by atoms with Gasteiger partial charge in [-0.15, -0.1) is 0 Å². The Bertz CT molecular complexity index is 1150. The number of phenols is 2. The minimum Gasteiger partial charge on any atom is -0.506 e. The monoisotopic (exact) mass is 492 g/mol. The van der Waals surface area contributed by atoms with Crippen molar-refractivity contribution in [2.75, 3.05) is 0 Å². The van der Waals surface area contributed by atoms with E-state index in [-0.39, 0.29) is 31.2 Å². The van der Waals surface area contributed by atoms with Crippen molar-refractivity contribution >= 4 is 56.5 Å². The maximum absolute atomic E-state index is 13.0. The van der Waals surface area contributed by atoms with Gasteiger partial charge in [0, 0.05) is 10.0 Å². The molecule has 3 aromatic rings. The molecule has 0 aliphatic carbocycles. The molecule has 0 heterocycles. The van der Waals surface area contributed by atoms with E-state index in [0.29, 0.717) is 0 Å². The third kappa shape index (κ3) is 3.65. The molecule has 3 aromatic carbocycles. The molecule has 5 nitrogen and oxygen atoms in total. The number of benzene rings is 3. The Labute approximate surface area is 186 Å². The van der Waals surface area contributed by atoms with Crippen molar-refractivity contribution in [3.05, 3.63) is 91.4 Å². The Hall–Kier alpha value is -1.67. The number of rotatable bonds is 4. The Morgan fingerprint density at radius 3 is 1.66 bits per heavy atom. The summed E-state index contributed by atoms with van der Waals surface area (Å²) in [5, 5.41) is 20.8. The van der Waals surface area contributed by atoms with Crippen molar-refractivity contribution in [3.63, 3.8) is 0 Å². The lowest BCUT2D eigenvalue weighted by Gasteiger charge is -2.34. The molecule has 0 fully saturated rings. The van der Waals surface area contributed by atoms with Gasteiger partial charge in [0.1, 0.15) is 11.5 Å². The van der Waals surface area contributed by atoms with Crippen LogP contribution in [0.1, 0.15) is 16.7 Å². The van der Waals surface area contributed by atoms with Crippen LogP contribution in [0.2, 0.25) is 20.1 Å². The zero-order valence-corrected chi connectivity index (χ0v) is 18.1. The van der Waals surface area contributed by atoms with E-state index in [9.17, 15) is 23.2 Å². The molecule has 29 heavy (non-hydrogen) atoms. The van der Waals surface area contributed by atoms with E-state index in [1.165, 1.54) is 42.5 Å². The van der Waals surface area contributed by atoms with Gasteiger partial charge in [-0.25, -0.2) is 0 Å². The summed E-state index contributed by atoms with van der Waals surface area (Å²) in [6.45, 7) is 0. The Morgan fingerprint density at radius 2 is 1.21 bits per heavy atom. The van der Waals surface area contributed by atoms with E-state index < -0.39 is 31.9 Å². The fourth-order valence-electron chi connectivity index (χ4n) is 3.24. The third-order valence-corrected chi connectivity index (χ3v) is 6.83. The Morgan fingerprint density at radius 1 is 0.724 bits per heavy atom. The first-order chi connectivity index (χ1) is 13.5. The second-order valence-electron chi connectivity index (χ2n) is 6.09. The van der Waals surface area contributed by atoms with Crippen molar-refractivity contribution in [2.45, 2.75) is 4.75 Å². The summed E-state index contributed by atoms with van der Waals surface area (Å²) in [7, 11) is -5.15. The van der Waals surface area contributed by atoms with E-state index in [0.717, 1.165) is 6.07 Å². The molecule has 10 heteroatoms. The van der Waals surface area contributed by atoms with Gasteiger partial charge in [-0.1, -0.05) is 76.7 Å². The molecule has 0 aliphatic heterocycles. The van der Waals surface area contributed by atoms with Gasteiger partial charge in [0.2, 0.25) is 0 Å². The van der Waals surface area contributed by atoms with Crippen LogP contribution in [0.5, 0.6) is 11.5 Å². The van der Waals surface area contributed by atoms with Crippen LogP contribution >= 0.6 is 46.4 Å². The molecule has 1 unspecified atom stereocenters. The summed E-state index contributed by atoms with van der Waals surface area (Å²) >= 11 is 24.2. The van der Waals surface area contributed by atoms with Crippen molar-refractivity contribution in [1.29, 1.82) is 0 Å². The van der Waals surface area contributed by atoms with E-state index >= 15 is 0 Å². The zero-order chi connectivity index (χ0) is 21.6. The maximum atomic E-state index is 13.0. The largest absolute Gasteiger partial charge is 0.506 e. The molecular formula is C19H12Cl4O5S. The molecule has 0 bridgehead atoms. The van der Waals surface area contributed by atoms with Crippen LogP contribution in [0, 0.1) is 0 Å². The fraction of sp³-hybridized carbons (Fsp3) is 0.0526. The number of hydrogen-bond donors (Lipinski definition) is 3. The van der Waals surface area contributed by atoms with Crippen LogP contribution in [0.3, 0.4) is 0 Å². The number of hydrogen-bond acceptors (Lipinski definition) is 4. The average Bonchev–Trinajstić information content (AvgIpc) is 2.62. The lowest BCUT2D eigenvalue weighted by atomic mass is 9.83. The summed E-state index contributed by atoms with van der Waals surface area (Å²) in [5.74, 6) is -1.57. The summed E-state index contributed by atoms with van der Waals surface area (Å²) in [5.41, 5.74) is -0.806. The van der Waals surface area contributed by atoms with Crippen LogP contribution in [-0.2, 0) is 14.9 Å². The summed E-state index contributed by atoms with van der Waals surface area (Å²) < 4.78 is 33.9. The van der Waals surface area contributed by atoms with Gasteiger partial charge in [-0.3, -0.25) is 4.55 Å². The third-order valence-electron chi connectivity index (χ3n) is 4.37. The SMILES string of the molecule is O=S(=O)(O)C(c1ccccc1)(c1cc(Cl)cc(Cl)c1)c1c(O)c(Cl)cc(Cl)c1O. The molecule has 3 rings (SSSR count). The molecule has 3 N–H and O–H groups in total. The molecule has 0 aliphatic rings. The minimum absolute atomic E-state index is 0.0234. The van der Waals surface area contributed by atoms with Crippen LogP contribution in [-0.4, -0.2) is 23.2 Å². The Balaban J connectivity index is 2.67. The highest BCUT2D eigenvalue weighted by molar-refractivity contribution is 7.87. The first-order valence-corrected chi connectivity index (χ1v) is 10.8. The molecular weight excluding hydrogens is 482 g/mol. The lowest BCUT2D eigenvalue weighted by molar-refractivity contribution is 0.416. The first kappa shape index (κ1) is 22.0. The minimum atomic E-state index is -5.15. The summed E-state index contributed by atoms with van der Waals surface area (Å²) in [6.07, 6.45) is 0. The molecule has 152 valence electrons. The second kappa shape index (κ2) is 7.87. The van der Waals surface area contributed by atoms with Crippen molar-refractivity contribution in [2.24, 2.45) is 0 Å². The second-order valence-corrected chi connectivity index (χ2v) is 9.34.